The van der Waals surface area contributed by atoms with E-state index in [0.717, 1.165) is 17.6 Å². The molecule has 0 unspecified atom stereocenters. The van der Waals surface area contributed by atoms with Crippen LogP contribution in [0.4, 0.5) is 13.2 Å². The Morgan fingerprint density at radius 1 is 1.10 bits per heavy atom. The zero-order valence-corrected chi connectivity index (χ0v) is 11.8. The number of aryl methyl sites for hydroxylation is 1. The molecule has 1 heterocycles. The van der Waals surface area contributed by atoms with Gasteiger partial charge in [-0.05, 0) is 30.3 Å². The van der Waals surface area contributed by atoms with E-state index in [4.69, 9.17) is 11.6 Å². The van der Waals surface area contributed by atoms with E-state index >= 15 is 0 Å². The van der Waals surface area contributed by atoms with E-state index in [1.807, 2.05) is 0 Å². The van der Waals surface area contributed by atoms with E-state index in [1.54, 1.807) is 29.9 Å². The molecule has 2 nitrogen and oxygen atoms in total. The fourth-order valence-electron chi connectivity index (χ4n) is 2.34. The fourth-order valence-corrected chi connectivity index (χ4v) is 2.51. The maximum Gasteiger partial charge on any atom is 0.165 e. The van der Waals surface area contributed by atoms with E-state index < -0.39 is 17.5 Å². The molecule has 3 aromatic rings. The molecule has 0 fully saturated rings. The number of fused-ring (bicyclic) bond motifs is 1. The highest BCUT2D eigenvalue weighted by atomic mass is 35.5. The van der Waals surface area contributed by atoms with Crippen LogP contribution in [0.5, 0.6) is 0 Å². The zero-order valence-electron chi connectivity index (χ0n) is 11.0. The van der Waals surface area contributed by atoms with Crippen molar-refractivity contribution in [2.75, 3.05) is 0 Å². The number of aromatic nitrogens is 2. The van der Waals surface area contributed by atoms with Crippen molar-refractivity contribution >= 4 is 22.5 Å². The van der Waals surface area contributed by atoms with E-state index in [0.29, 0.717) is 16.1 Å². The number of hydrogen-bond acceptors (Lipinski definition) is 1. The molecule has 6 heteroatoms. The topological polar surface area (TPSA) is 17.8 Å². The van der Waals surface area contributed by atoms with Gasteiger partial charge in [-0.2, -0.15) is 5.10 Å². The summed E-state index contributed by atoms with van der Waals surface area (Å²) in [6.45, 7) is 0. The lowest BCUT2D eigenvalue weighted by atomic mass is 10.1. The van der Waals surface area contributed by atoms with Gasteiger partial charge in [-0.1, -0.05) is 11.6 Å². The van der Waals surface area contributed by atoms with Crippen molar-refractivity contribution in [3.05, 3.63) is 64.1 Å². The highest BCUT2D eigenvalue weighted by Gasteiger charge is 2.17. The third-order valence-electron chi connectivity index (χ3n) is 3.37. The molecule has 2 aromatic carbocycles. The minimum Gasteiger partial charge on any atom is -0.268 e. The van der Waals surface area contributed by atoms with Crippen LogP contribution in [0.25, 0.3) is 10.9 Å². The molecule has 0 saturated heterocycles. The molecule has 0 aliphatic carbocycles. The molecular weight excluding hydrogens is 301 g/mol. The fraction of sp³-hybridized carbons (Fsp3) is 0.133. The Morgan fingerprint density at radius 3 is 2.57 bits per heavy atom. The van der Waals surface area contributed by atoms with Gasteiger partial charge in [-0.15, -0.1) is 0 Å². The molecule has 1 aromatic heterocycles. The van der Waals surface area contributed by atoms with Crippen molar-refractivity contribution in [2.45, 2.75) is 6.42 Å². The molecule has 0 aliphatic rings. The van der Waals surface area contributed by atoms with Crippen molar-refractivity contribution < 1.29 is 13.2 Å². The summed E-state index contributed by atoms with van der Waals surface area (Å²) in [4.78, 5) is 0. The summed E-state index contributed by atoms with van der Waals surface area (Å²) < 4.78 is 42.3. The number of benzene rings is 2. The molecule has 0 aliphatic heterocycles. The third-order valence-corrected chi connectivity index (χ3v) is 3.61. The molecule has 0 bridgehead atoms. The van der Waals surface area contributed by atoms with Crippen LogP contribution < -0.4 is 0 Å². The van der Waals surface area contributed by atoms with Gasteiger partial charge in [0.05, 0.1) is 11.2 Å². The quantitative estimate of drug-likeness (QED) is 0.648. The highest BCUT2D eigenvalue weighted by molar-refractivity contribution is 6.31. The van der Waals surface area contributed by atoms with Crippen LogP contribution in [0.1, 0.15) is 11.3 Å². The van der Waals surface area contributed by atoms with Gasteiger partial charge in [0, 0.05) is 29.4 Å². The molecule has 0 radical (unpaired) electrons. The summed E-state index contributed by atoms with van der Waals surface area (Å²) in [7, 11) is 1.72. The normalized spacial score (nSPS) is 11.3. The Labute approximate surface area is 123 Å². The Morgan fingerprint density at radius 2 is 1.81 bits per heavy atom. The maximum atomic E-state index is 13.8. The first-order valence-corrected chi connectivity index (χ1v) is 6.58. The SMILES string of the molecule is Cn1nc(Cc2c(F)ccc(F)c2F)c2cc(Cl)ccc21. The van der Waals surface area contributed by atoms with Gasteiger partial charge in [0.25, 0.3) is 0 Å². The van der Waals surface area contributed by atoms with E-state index in [2.05, 4.69) is 5.10 Å². The Bertz CT molecular complexity index is 843. The number of nitrogens with zero attached hydrogens (tertiary/aromatic N) is 2. The number of hydrogen-bond donors (Lipinski definition) is 0. The molecule has 3 rings (SSSR count). The maximum absolute atomic E-state index is 13.8. The molecule has 0 atom stereocenters. The van der Waals surface area contributed by atoms with Crippen LogP contribution in [-0.2, 0) is 13.5 Å². The third kappa shape index (κ3) is 2.38. The Hall–Kier alpha value is -2.01. The number of rotatable bonds is 2. The highest BCUT2D eigenvalue weighted by Crippen LogP contribution is 2.26. The smallest absolute Gasteiger partial charge is 0.165 e. The Balaban J connectivity index is 2.15. The summed E-state index contributed by atoms with van der Waals surface area (Å²) >= 11 is 5.95. The second-order valence-corrected chi connectivity index (χ2v) is 5.17. The lowest BCUT2D eigenvalue weighted by Gasteiger charge is -2.04. The van der Waals surface area contributed by atoms with Gasteiger partial charge in [0.1, 0.15) is 5.82 Å². The van der Waals surface area contributed by atoms with Crippen molar-refractivity contribution in [3.8, 4) is 0 Å². The minimum atomic E-state index is -1.18. The number of halogens is 4. The monoisotopic (exact) mass is 310 g/mol. The summed E-state index contributed by atoms with van der Waals surface area (Å²) in [6, 6.07) is 6.83. The standard InChI is InChI=1S/C15H10ClF3N2/c1-21-14-5-2-8(16)6-10(14)13(20-21)7-9-11(17)3-4-12(18)15(9)19/h2-6H,7H2,1H3. The van der Waals surface area contributed by atoms with E-state index in [1.165, 1.54) is 0 Å². The van der Waals surface area contributed by atoms with Gasteiger partial charge >= 0.3 is 0 Å². The van der Waals surface area contributed by atoms with Crippen LogP contribution in [-0.4, -0.2) is 9.78 Å². The molecule has 0 N–H and O–H groups in total. The van der Waals surface area contributed by atoms with Crippen LogP contribution in [0, 0.1) is 17.5 Å². The van der Waals surface area contributed by atoms with Crippen molar-refractivity contribution in [3.63, 3.8) is 0 Å². The zero-order chi connectivity index (χ0) is 15.1. The predicted molar refractivity (Wildman–Crippen MR) is 74.8 cm³/mol. The minimum absolute atomic E-state index is 0.146. The van der Waals surface area contributed by atoms with E-state index in [-0.39, 0.29) is 12.0 Å². The molecule has 108 valence electrons. The summed E-state index contributed by atoms with van der Waals surface area (Å²) in [6.07, 6.45) is -0.146. The molecule has 21 heavy (non-hydrogen) atoms. The summed E-state index contributed by atoms with van der Waals surface area (Å²) in [5, 5.41) is 5.43. The predicted octanol–water partition coefficient (Wildman–Crippen LogP) is 4.23. The first-order valence-electron chi connectivity index (χ1n) is 6.21. The lowest BCUT2D eigenvalue weighted by molar-refractivity contribution is 0.482. The molecule has 0 spiro atoms. The summed E-state index contributed by atoms with van der Waals surface area (Å²) in [5.74, 6) is -3.06. The largest absolute Gasteiger partial charge is 0.268 e. The van der Waals surface area contributed by atoms with Crippen LogP contribution in [0.3, 0.4) is 0 Å². The van der Waals surface area contributed by atoms with Crippen molar-refractivity contribution in [1.82, 2.24) is 9.78 Å². The van der Waals surface area contributed by atoms with Gasteiger partial charge in [-0.3, -0.25) is 4.68 Å². The molecule has 0 saturated carbocycles. The van der Waals surface area contributed by atoms with Crippen LogP contribution in [0.2, 0.25) is 5.02 Å². The Kier molecular flexibility index (Phi) is 3.37. The van der Waals surface area contributed by atoms with Gasteiger partial charge in [-0.25, -0.2) is 13.2 Å². The summed E-state index contributed by atoms with van der Waals surface area (Å²) in [5.41, 5.74) is 0.889. The van der Waals surface area contributed by atoms with Gasteiger partial charge < -0.3 is 0 Å². The average molecular weight is 311 g/mol. The second kappa shape index (κ2) is 5.07. The lowest BCUT2D eigenvalue weighted by Crippen LogP contribution is -2.01. The molecule has 0 amide bonds. The van der Waals surface area contributed by atoms with Gasteiger partial charge in [0.15, 0.2) is 11.6 Å². The first-order chi connectivity index (χ1) is 9.97. The van der Waals surface area contributed by atoms with Gasteiger partial charge in [0.2, 0.25) is 0 Å². The van der Waals surface area contributed by atoms with Crippen LogP contribution >= 0.6 is 11.6 Å². The average Bonchev–Trinajstić information content (AvgIpc) is 2.75. The van der Waals surface area contributed by atoms with Crippen LogP contribution in [0.15, 0.2) is 30.3 Å². The van der Waals surface area contributed by atoms with E-state index in [9.17, 15) is 13.2 Å². The second-order valence-electron chi connectivity index (χ2n) is 4.73. The first kappa shape index (κ1) is 13.9. The molecular formula is C15H10ClF3N2. The van der Waals surface area contributed by atoms with Crippen molar-refractivity contribution in [2.24, 2.45) is 7.05 Å². The van der Waals surface area contributed by atoms with Crippen molar-refractivity contribution in [1.29, 1.82) is 0 Å².